The van der Waals surface area contributed by atoms with E-state index < -0.39 is 0 Å². The molecule has 1 aliphatic carbocycles. The Kier molecular flexibility index (Phi) is 3.75. The molecule has 0 unspecified atom stereocenters. The molecule has 2 rings (SSSR count). The predicted octanol–water partition coefficient (Wildman–Crippen LogP) is 1.17. The molecule has 1 N–H and O–H groups in total. The molecule has 4 nitrogen and oxygen atoms in total. The summed E-state index contributed by atoms with van der Waals surface area (Å²) >= 11 is 0. The molecule has 1 heterocycles. The van der Waals surface area contributed by atoms with Crippen molar-refractivity contribution in [3.63, 3.8) is 0 Å². The van der Waals surface area contributed by atoms with Crippen LogP contribution in [0.25, 0.3) is 0 Å². The van der Waals surface area contributed by atoms with Crippen molar-refractivity contribution >= 4 is 0 Å². The van der Waals surface area contributed by atoms with E-state index in [-0.39, 0.29) is 0 Å². The van der Waals surface area contributed by atoms with Crippen LogP contribution in [-0.2, 0) is 17.8 Å². The third-order valence-electron chi connectivity index (χ3n) is 2.63. The Hall–Kier alpha value is -0.870. The number of nitrogens with one attached hydrogen (secondary N) is 1. The summed E-state index contributed by atoms with van der Waals surface area (Å²) in [5.74, 6) is 0. The largest absolute Gasteiger partial charge is 0.380 e. The van der Waals surface area contributed by atoms with Crippen LogP contribution < -0.4 is 5.32 Å². The van der Waals surface area contributed by atoms with E-state index in [1.165, 1.54) is 18.5 Å². The van der Waals surface area contributed by atoms with E-state index in [2.05, 4.69) is 14.9 Å². The van der Waals surface area contributed by atoms with Gasteiger partial charge in [-0.05, 0) is 19.8 Å². The molecular formula is C11H19N3O. The fourth-order valence-corrected chi connectivity index (χ4v) is 1.54. The average Bonchev–Trinajstić information content (AvgIpc) is 2.97. The van der Waals surface area contributed by atoms with E-state index in [0.29, 0.717) is 0 Å². The van der Waals surface area contributed by atoms with E-state index in [1.54, 1.807) is 0 Å². The Balaban J connectivity index is 1.78. The second kappa shape index (κ2) is 5.28. The SMILES string of the molecule is CCOCCn1cncc1CNC1CC1. The van der Waals surface area contributed by atoms with Crippen LogP contribution in [0.1, 0.15) is 25.5 Å². The van der Waals surface area contributed by atoms with Gasteiger partial charge in [-0.15, -0.1) is 0 Å². The Morgan fingerprint density at radius 3 is 3.20 bits per heavy atom. The molecule has 4 heteroatoms. The van der Waals surface area contributed by atoms with Crippen LogP contribution in [0.2, 0.25) is 0 Å². The zero-order valence-electron chi connectivity index (χ0n) is 9.28. The summed E-state index contributed by atoms with van der Waals surface area (Å²) in [7, 11) is 0. The molecule has 0 amide bonds. The van der Waals surface area contributed by atoms with Crippen molar-refractivity contribution in [3.8, 4) is 0 Å². The Labute approximate surface area is 90.6 Å². The Bertz CT molecular complexity index is 294. The highest BCUT2D eigenvalue weighted by atomic mass is 16.5. The number of hydrogen-bond acceptors (Lipinski definition) is 3. The lowest BCUT2D eigenvalue weighted by Gasteiger charge is -2.08. The highest BCUT2D eigenvalue weighted by Crippen LogP contribution is 2.19. The van der Waals surface area contributed by atoms with E-state index in [1.807, 2.05) is 19.4 Å². The summed E-state index contributed by atoms with van der Waals surface area (Å²) in [6.07, 6.45) is 6.46. The van der Waals surface area contributed by atoms with Crippen molar-refractivity contribution in [1.82, 2.24) is 14.9 Å². The van der Waals surface area contributed by atoms with E-state index in [0.717, 1.165) is 32.3 Å². The van der Waals surface area contributed by atoms with Gasteiger partial charge in [0.2, 0.25) is 0 Å². The van der Waals surface area contributed by atoms with Crippen LogP contribution in [0, 0.1) is 0 Å². The van der Waals surface area contributed by atoms with Crippen LogP contribution in [0.5, 0.6) is 0 Å². The first kappa shape index (κ1) is 10.6. The van der Waals surface area contributed by atoms with Gasteiger partial charge in [0.05, 0.1) is 18.6 Å². The van der Waals surface area contributed by atoms with E-state index in [4.69, 9.17) is 4.74 Å². The standard InChI is InChI=1S/C11H19N3O/c1-2-15-6-5-14-9-12-7-11(14)8-13-10-3-4-10/h7,9-10,13H,2-6,8H2,1H3. The first-order chi connectivity index (χ1) is 7.40. The monoisotopic (exact) mass is 209 g/mol. The smallest absolute Gasteiger partial charge is 0.0949 e. The highest BCUT2D eigenvalue weighted by Gasteiger charge is 2.20. The lowest BCUT2D eigenvalue weighted by Crippen LogP contribution is -2.18. The molecule has 0 atom stereocenters. The molecule has 0 bridgehead atoms. The minimum Gasteiger partial charge on any atom is -0.380 e. The number of aromatic nitrogens is 2. The third kappa shape index (κ3) is 3.32. The zero-order valence-corrected chi connectivity index (χ0v) is 9.28. The average molecular weight is 209 g/mol. The lowest BCUT2D eigenvalue weighted by molar-refractivity contribution is 0.138. The number of hydrogen-bond donors (Lipinski definition) is 1. The second-order valence-electron chi connectivity index (χ2n) is 3.93. The highest BCUT2D eigenvalue weighted by molar-refractivity contribution is 4.99. The van der Waals surface area contributed by atoms with Gasteiger partial charge < -0.3 is 14.6 Å². The molecule has 84 valence electrons. The van der Waals surface area contributed by atoms with E-state index in [9.17, 15) is 0 Å². The van der Waals surface area contributed by atoms with Crippen molar-refractivity contribution in [3.05, 3.63) is 18.2 Å². The lowest BCUT2D eigenvalue weighted by atomic mass is 10.4. The number of rotatable bonds is 7. The van der Waals surface area contributed by atoms with Crippen molar-refractivity contribution < 1.29 is 4.74 Å². The minimum atomic E-state index is 0.750. The second-order valence-corrected chi connectivity index (χ2v) is 3.93. The molecule has 0 radical (unpaired) electrons. The predicted molar refractivity (Wildman–Crippen MR) is 58.6 cm³/mol. The van der Waals surface area contributed by atoms with Gasteiger partial charge in [0.15, 0.2) is 0 Å². The summed E-state index contributed by atoms with van der Waals surface area (Å²) in [5, 5.41) is 3.49. The number of ether oxygens (including phenoxy) is 1. The van der Waals surface area contributed by atoms with Crippen LogP contribution >= 0.6 is 0 Å². The maximum atomic E-state index is 5.33. The summed E-state index contributed by atoms with van der Waals surface area (Å²) in [5.41, 5.74) is 1.25. The van der Waals surface area contributed by atoms with Crippen LogP contribution in [0.4, 0.5) is 0 Å². The maximum Gasteiger partial charge on any atom is 0.0949 e. The molecule has 1 saturated carbocycles. The van der Waals surface area contributed by atoms with Gasteiger partial charge in [-0.1, -0.05) is 0 Å². The quantitative estimate of drug-likeness (QED) is 0.685. The fourth-order valence-electron chi connectivity index (χ4n) is 1.54. The molecule has 0 spiro atoms. The molecule has 0 saturated heterocycles. The van der Waals surface area contributed by atoms with Gasteiger partial charge in [0, 0.05) is 31.9 Å². The Morgan fingerprint density at radius 1 is 1.60 bits per heavy atom. The van der Waals surface area contributed by atoms with Crippen LogP contribution in [0.15, 0.2) is 12.5 Å². The molecule has 15 heavy (non-hydrogen) atoms. The Morgan fingerprint density at radius 2 is 2.47 bits per heavy atom. The van der Waals surface area contributed by atoms with Crippen molar-refractivity contribution in [2.75, 3.05) is 13.2 Å². The molecule has 1 aromatic rings. The van der Waals surface area contributed by atoms with Gasteiger partial charge in [0.1, 0.15) is 0 Å². The minimum absolute atomic E-state index is 0.750. The van der Waals surface area contributed by atoms with Crippen LogP contribution in [-0.4, -0.2) is 28.8 Å². The van der Waals surface area contributed by atoms with Crippen molar-refractivity contribution in [1.29, 1.82) is 0 Å². The molecule has 0 aliphatic heterocycles. The van der Waals surface area contributed by atoms with Crippen molar-refractivity contribution in [2.45, 2.75) is 38.9 Å². The molecule has 1 aliphatic rings. The zero-order chi connectivity index (χ0) is 10.5. The molecule has 0 aromatic carbocycles. The van der Waals surface area contributed by atoms with Crippen LogP contribution in [0.3, 0.4) is 0 Å². The van der Waals surface area contributed by atoms with Gasteiger partial charge in [0.25, 0.3) is 0 Å². The molecular weight excluding hydrogens is 190 g/mol. The normalized spacial score (nSPS) is 15.8. The topological polar surface area (TPSA) is 39.1 Å². The first-order valence-electron chi connectivity index (χ1n) is 5.70. The maximum absolute atomic E-state index is 5.33. The fraction of sp³-hybridized carbons (Fsp3) is 0.727. The van der Waals surface area contributed by atoms with Gasteiger partial charge in [-0.3, -0.25) is 0 Å². The van der Waals surface area contributed by atoms with Gasteiger partial charge in [-0.25, -0.2) is 4.98 Å². The van der Waals surface area contributed by atoms with Gasteiger partial charge in [-0.2, -0.15) is 0 Å². The summed E-state index contributed by atoms with van der Waals surface area (Å²) < 4.78 is 7.49. The van der Waals surface area contributed by atoms with E-state index >= 15 is 0 Å². The first-order valence-corrected chi connectivity index (χ1v) is 5.70. The third-order valence-corrected chi connectivity index (χ3v) is 2.63. The van der Waals surface area contributed by atoms with Gasteiger partial charge >= 0.3 is 0 Å². The number of nitrogens with zero attached hydrogens (tertiary/aromatic N) is 2. The number of imidazole rings is 1. The summed E-state index contributed by atoms with van der Waals surface area (Å²) in [4.78, 5) is 4.17. The molecule has 1 fully saturated rings. The molecule has 1 aromatic heterocycles. The van der Waals surface area contributed by atoms with Crippen molar-refractivity contribution in [2.24, 2.45) is 0 Å². The summed E-state index contributed by atoms with van der Waals surface area (Å²) in [6.45, 7) is 5.39. The summed E-state index contributed by atoms with van der Waals surface area (Å²) in [6, 6.07) is 0.750.